The Bertz CT molecular complexity index is 781. The number of hydrogen-bond acceptors (Lipinski definition) is 6. The second kappa shape index (κ2) is 8.82. The Morgan fingerprint density at radius 2 is 2.46 bits per heavy atom. The molecule has 140 valence electrons. The van der Waals surface area contributed by atoms with Crippen molar-refractivity contribution in [3.8, 4) is 0 Å². The van der Waals surface area contributed by atoms with Crippen LogP contribution in [0.2, 0.25) is 0 Å². The Morgan fingerprint density at radius 3 is 3.23 bits per heavy atom. The van der Waals surface area contributed by atoms with Gasteiger partial charge in [-0.15, -0.1) is 0 Å². The summed E-state index contributed by atoms with van der Waals surface area (Å²) in [6.07, 6.45) is 9.45. The third-order valence-corrected chi connectivity index (χ3v) is 4.76. The van der Waals surface area contributed by atoms with Gasteiger partial charge in [-0.1, -0.05) is 0 Å². The van der Waals surface area contributed by atoms with Gasteiger partial charge >= 0.3 is 0 Å². The van der Waals surface area contributed by atoms with Crippen LogP contribution in [0.1, 0.15) is 25.3 Å². The molecule has 1 saturated heterocycles. The number of allylic oxidation sites excluding steroid dienone is 1. The van der Waals surface area contributed by atoms with E-state index in [-0.39, 0.29) is 6.61 Å². The van der Waals surface area contributed by atoms with Gasteiger partial charge in [0.05, 0.1) is 6.61 Å². The largest absolute Gasteiger partial charge is 0.404 e. The fraction of sp³-hybridized carbons (Fsp3) is 0.474. The highest BCUT2D eigenvalue weighted by Crippen LogP contribution is 2.33. The zero-order valence-electron chi connectivity index (χ0n) is 15.3. The van der Waals surface area contributed by atoms with Gasteiger partial charge in [0.15, 0.2) is 0 Å². The Labute approximate surface area is 154 Å². The summed E-state index contributed by atoms with van der Waals surface area (Å²) in [5, 5.41) is 13.6. The van der Waals surface area contributed by atoms with Crippen molar-refractivity contribution < 1.29 is 5.11 Å². The number of rotatable bonds is 7. The minimum atomic E-state index is 0.166. The van der Waals surface area contributed by atoms with Crippen LogP contribution in [0, 0.1) is 0 Å². The average molecular weight is 356 g/mol. The minimum absolute atomic E-state index is 0.166. The normalized spacial score (nSPS) is 18.9. The Hall–Kier alpha value is -2.38. The molecule has 3 rings (SSSR count). The highest BCUT2D eigenvalue weighted by Gasteiger charge is 2.23. The van der Waals surface area contributed by atoms with Crippen LogP contribution in [0.5, 0.6) is 0 Å². The lowest BCUT2D eigenvalue weighted by Crippen LogP contribution is -2.46. The van der Waals surface area contributed by atoms with Crippen molar-refractivity contribution in [2.24, 2.45) is 10.7 Å². The van der Waals surface area contributed by atoms with Crippen molar-refractivity contribution >= 4 is 28.5 Å². The van der Waals surface area contributed by atoms with Gasteiger partial charge in [0.25, 0.3) is 0 Å². The third kappa shape index (κ3) is 3.89. The van der Waals surface area contributed by atoms with E-state index in [1.165, 1.54) is 0 Å². The van der Waals surface area contributed by atoms with Crippen molar-refractivity contribution in [3.05, 3.63) is 30.2 Å². The molecule has 2 aromatic rings. The molecule has 7 heteroatoms. The van der Waals surface area contributed by atoms with E-state index in [4.69, 9.17) is 10.8 Å². The van der Waals surface area contributed by atoms with Crippen molar-refractivity contribution in [1.82, 2.24) is 15.3 Å². The SMILES string of the molecule is CCN=C/C(=C\N)c1c[nH]c2nccc(N3CCCC(NCCO)C3)c12. The van der Waals surface area contributed by atoms with E-state index in [1.54, 1.807) is 6.20 Å². The monoisotopic (exact) mass is 356 g/mol. The Kier molecular flexibility index (Phi) is 6.25. The minimum Gasteiger partial charge on any atom is -0.404 e. The predicted molar refractivity (Wildman–Crippen MR) is 108 cm³/mol. The summed E-state index contributed by atoms with van der Waals surface area (Å²) in [6, 6.07) is 2.45. The summed E-state index contributed by atoms with van der Waals surface area (Å²) < 4.78 is 0. The maximum atomic E-state index is 9.07. The summed E-state index contributed by atoms with van der Waals surface area (Å²) in [4.78, 5) is 14.5. The third-order valence-electron chi connectivity index (χ3n) is 4.76. The maximum Gasteiger partial charge on any atom is 0.139 e. The standard InChI is InChI=1S/C19H28N6O/c1-2-21-11-14(10-20)16-12-24-19-18(16)17(5-6-23-19)25-8-3-4-15(13-25)22-7-9-26/h5-6,10-12,15,22,26H,2-4,7-9,13,20H2,1H3,(H,23,24)/b14-10+,21-11?. The summed E-state index contributed by atoms with van der Waals surface area (Å²) in [5.74, 6) is 0. The molecule has 7 nitrogen and oxygen atoms in total. The summed E-state index contributed by atoms with van der Waals surface area (Å²) in [6.45, 7) is 5.43. The molecule has 1 aliphatic rings. The van der Waals surface area contributed by atoms with Gasteiger partial charge < -0.3 is 26.0 Å². The van der Waals surface area contributed by atoms with Gasteiger partial charge in [0, 0.05) is 79.2 Å². The highest BCUT2D eigenvalue weighted by atomic mass is 16.3. The van der Waals surface area contributed by atoms with Gasteiger partial charge in [-0.25, -0.2) is 4.98 Å². The summed E-state index contributed by atoms with van der Waals surface area (Å²) in [7, 11) is 0. The van der Waals surface area contributed by atoms with E-state index < -0.39 is 0 Å². The fourth-order valence-electron chi connectivity index (χ4n) is 3.55. The number of aromatic nitrogens is 2. The van der Waals surface area contributed by atoms with E-state index in [9.17, 15) is 0 Å². The first-order valence-electron chi connectivity index (χ1n) is 9.25. The molecule has 1 atom stereocenters. The van der Waals surface area contributed by atoms with Gasteiger partial charge in [-0.3, -0.25) is 4.99 Å². The van der Waals surface area contributed by atoms with Crippen LogP contribution in [0.15, 0.2) is 29.7 Å². The molecule has 2 aromatic heterocycles. The molecule has 0 amide bonds. The average Bonchev–Trinajstić information content (AvgIpc) is 3.11. The molecule has 0 spiro atoms. The predicted octanol–water partition coefficient (Wildman–Crippen LogP) is 1.50. The van der Waals surface area contributed by atoms with E-state index >= 15 is 0 Å². The van der Waals surface area contributed by atoms with Crippen molar-refractivity contribution in [3.63, 3.8) is 0 Å². The van der Waals surface area contributed by atoms with Crippen LogP contribution in [0.3, 0.4) is 0 Å². The van der Waals surface area contributed by atoms with Crippen molar-refractivity contribution in [2.75, 3.05) is 37.7 Å². The lowest BCUT2D eigenvalue weighted by molar-refractivity contribution is 0.278. The number of hydrogen-bond donors (Lipinski definition) is 4. The second-order valence-electron chi connectivity index (χ2n) is 6.47. The topological polar surface area (TPSA) is 103 Å². The first-order chi connectivity index (χ1) is 12.8. The molecule has 0 saturated carbocycles. The van der Waals surface area contributed by atoms with Gasteiger partial charge in [0.2, 0.25) is 0 Å². The molecular weight excluding hydrogens is 328 g/mol. The zero-order valence-corrected chi connectivity index (χ0v) is 15.3. The molecule has 0 aromatic carbocycles. The first-order valence-corrected chi connectivity index (χ1v) is 9.25. The zero-order chi connectivity index (χ0) is 18.4. The van der Waals surface area contributed by atoms with E-state index in [2.05, 4.69) is 31.2 Å². The number of nitrogens with two attached hydrogens (primary N) is 1. The number of piperidine rings is 1. The molecule has 26 heavy (non-hydrogen) atoms. The number of aliphatic hydroxyl groups excluding tert-OH is 1. The molecule has 5 N–H and O–H groups in total. The van der Waals surface area contributed by atoms with E-state index in [0.29, 0.717) is 12.6 Å². The molecule has 1 aliphatic heterocycles. The number of pyridine rings is 1. The number of H-pyrrole nitrogens is 1. The highest BCUT2D eigenvalue weighted by molar-refractivity contribution is 6.16. The first kappa shape index (κ1) is 18.4. The van der Waals surface area contributed by atoms with Crippen LogP contribution in [0.4, 0.5) is 5.69 Å². The maximum absolute atomic E-state index is 9.07. The van der Waals surface area contributed by atoms with Crippen molar-refractivity contribution in [2.45, 2.75) is 25.8 Å². The van der Waals surface area contributed by atoms with Crippen molar-refractivity contribution in [1.29, 1.82) is 0 Å². The van der Waals surface area contributed by atoms with Crippen LogP contribution in [-0.2, 0) is 0 Å². The van der Waals surface area contributed by atoms with Crippen LogP contribution >= 0.6 is 0 Å². The molecule has 0 radical (unpaired) electrons. The van der Waals surface area contributed by atoms with Crippen LogP contribution in [-0.4, -0.2) is 60.1 Å². The van der Waals surface area contributed by atoms with E-state index in [1.807, 2.05) is 25.5 Å². The Morgan fingerprint density at radius 1 is 1.58 bits per heavy atom. The molecule has 3 heterocycles. The number of nitrogens with one attached hydrogen (secondary N) is 2. The molecule has 0 bridgehead atoms. The number of aromatic amines is 1. The quantitative estimate of drug-likeness (QED) is 0.563. The Balaban J connectivity index is 1.96. The number of fused-ring (bicyclic) bond motifs is 1. The lowest BCUT2D eigenvalue weighted by Gasteiger charge is -2.35. The summed E-state index contributed by atoms with van der Waals surface area (Å²) >= 11 is 0. The van der Waals surface area contributed by atoms with E-state index in [0.717, 1.165) is 60.3 Å². The smallest absolute Gasteiger partial charge is 0.139 e. The fourth-order valence-corrected chi connectivity index (χ4v) is 3.55. The lowest BCUT2D eigenvalue weighted by atomic mass is 10.0. The second-order valence-corrected chi connectivity index (χ2v) is 6.47. The van der Waals surface area contributed by atoms with Gasteiger partial charge in [-0.05, 0) is 25.8 Å². The number of anilines is 1. The van der Waals surface area contributed by atoms with Crippen LogP contribution < -0.4 is 16.0 Å². The molecular formula is C19H28N6O. The molecule has 0 aliphatic carbocycles. The van der Waals surface area contributed by atoms with Crippen LogP contribution in [0.25, 0.3) is 16.6 Å². The van der Waals surface area contributed by atoms with Gasteiger partial charge in [-0.2, -0.15) is 0 Å². The summed E-state index contributed by atoms with van der Waals surface area (Å²) in [5.41, 5.74) is 9.79. The number of nitrogens with zero attached hydrogens (tertiary/aromatic N) is 3. The molecule has 1 fully saturated rings. The van der Waals surface area contributed by atoms with Gasteiger partial charge in [0.1, 0.15) is 5.65 Å². The number of aliphatic hydroxyl groups is 1. The number of aliphatic imine (C=N–C) groups is 1. The molecule has 1 unspecified atom stereocenters.